The van der Waals surface area contributed by atoms with Crippen molar-refractivity contribution in [2.45, 2.75) is 42.7 Å². The number of alkyl halides is 5. The Kier molecular flexibility index (Phi) is 7.02. The average molecular weight is 445 g/mol. The number of anilines is 1. The maximum atomic E-state index is 12.8. The third kappa shape index (κ3) is 6.18. The van der Waals surface area contributed by atoms with Crippen molar-refractivity contribution in [3.8, 4) is 0 Å². The zero-order valence-corrected chi connectivity index (χ0v) is 16.6. The van der Waals surface area contributed by atoms with Gasteiger partial charge in [-0.05, 0) is 59.4 Å². The highest BCUT2D eigenvalue weighted by Gasteiger charge is 2.46. The van der Waals surface area contributed by atoms with E-state index in [-0.39, 0.29) is 12.1 Å². The second-order valence-corrected chi connectivity index (χ2v) is 8.80. The SMILES string of the molecule is O=C(Cc1ccc([S+]([O-])CC2CC2)cc1)Nc1ccc(C(C(F)F)C(F)(F)F)cc1. The van der Waals surface area contributed by atoms with E-state index in [1.165, 1.54) is 12.1 Å². The first-order valence-corrected chi connectivity index (χ1v) is 10.7. The Hall–Kier alpha value is -2.13. The molecule has 0 radical (unpaired) electrons. The van der Waals surface area contributed by atoms with Gasteiger partial charge in [0.25, 0.3) is 6.43 Å². The summed E-state index contributed by atoms with van der Waals surface area (Å²) >= 11 is -1.05. The van der Waals surface area contributed by atoms with Crippen molar-refractivity contribution in [1.82, 2.24) is 0 Å². The average Bonchev–Trinajstić information content (AvgIpc) is 3.46. The van der Waals surface area contributed by atoms with E-state index in [4.69, 9.17) is 0 Å². The minimum atomic E-state index is -5.06. The third-order valence-electron chi connectivity index (χ3n) is 4.79. The van der Waals surface area contributed by atoms with Gasteiger partial charge in [-0.15, -0.1) is 0 Å². The first-order valence-electron chi connectivity index (χ1n) is 9.35. The summed E-state index contributed by atoms with van der Waals surface area (Å²) in [7, 11) is 0. The van der Waals surface area contributed by atoms with Gasteiger partial charge in [0.05, 0.1) is 6.42 Å². The summed E-state index contributed by atoms with van der Waals surface area (Å²) in [6.45, 7) is 0. The van der Waals surface area contributed by atoms with Gasteiger partial charge in [0, 0.05) is 11.6 Å². The summed E-state index contributed by atoms with van der Waals surface area (Å²) in [6.07, 6.45) is -6.40. The summed E-state index contributed by atoms with van der Waals surface area (Å²) < 4.78 is 76.1. The lowest BCUT2D eigenvalue weighted by Gasteiger charge is -2.20. The molecule has 30 heavy (non-hydrogen) atoms. The van der Waals surface area contributed by atoms with Crippen molar-refractivity contribution >= 4 is 22.8 Å². The van der Waals surface area contributed by atoms with Gasteiger partial charge in [0.1, 0.15) is 11.7 Å². The van der Waals surface area contributed by atoms with Crippen LogP contribution in [0.4, 0.5) is 27.6 Å². The van der Waals surface area contributed by atoms with Crippen molar-refractivity contribution in [1.29, 1.82) is 0 Å². The molecule has 0 bridgehead atoms. The fraction of sp³-hybridized carbons (Fsp3) is 0.381. The van der Waals surface area contributed by atoms with Crippen LogP contribution in [-0.2, 0) is 22.4 Å². The number of hydrogen-bond donors (Lipinski definition) is 1. The van der Waals surface area contributed by atoms with E-state index < -0.39 is 41.2 Å². The largest absolute Gasteiger partial charge is 0.611 e. The highest BCUT2D eigenvalue weighted by molar-refractivity contribution is 7.91. The van der Waals surface area contributed by atoms with E-state index in [0.717, 1.165) is 25.0 Å². The molecular weight excluding hydrogens is 425 g/mol. The van der Waals surface area contributed by atoms with Gasteiger partial charge in [0.15, 0.2) is 4.90 Å². The van der Waals surface area contributed by atoms with Crippen LogP contribution in [0, 0.1) is 5.92 Å². The lowest BCUT2D eigenvalue weighted by Crippen LogP contribution is -2.27. The summed E-state index contributed by atoms with van der Waals surface area (Å²) in [5.41, 5.74) is 0.331. The summed E-state index contributed by atoms with van der Waals surface area (Å²) in [5, 5.41) is 2.53. The predicted octanol–water partition coefficient (Wildman–Crippen LogP) is 5.30. The van der Waals surface area contributed by atoms with E-state index >= 15 is 0 Å². The molecule has 1 aliphatic rings. The predicted molar refractivity (Wildman–Crippen MR) is 104 cm³/mol. The topological polar surface area (TPSA) is 52.2 Å². The molecule has 1 aliphatic carbocycles. The molecule has 0 saturated heterocycles. The number of benzene rings is 2. The number of hydrogen-bond acceptors (Lipinski definition) is 2. The maximum Gasteiger partial charge on any atom is 0.401 e. The molecule has 2 aromatic carbocycles. The first-order chi connectivity index (χ1) is 14.1. The maximum absolute atomic E-state index is 12.8. The van der Waals surface area contributed by atoms with Gasteiger partial charge in [-0.3, -0.25) is 4.79 Å². The fourth-order valence-electron chi connectivity index (χ4n) is 3.00. The lowest BCUT2D eigenvalue weighted by atomic mass is 9.99. The second kappa shape index (κ2) is 9.34. The molecule has 0 heterocycles. The minimum Gasteiger partial charge on any atom is -0.611 e. The van der Waals surface area contributed by atoms with Gasteiger partial charge >= 0.3 is 6.18 Å². The van der Waals surface area contributed by atoms with Crippen LogP contribution in [0.3, 0.4) is 0 Å². The van der Waals surface area contributed by atoms with Gasteiger partial charge < -0.3 is 9.87 Å². The quantitative estimate of drug-likeness (QED) is 0.443. The fourth-order valence-corrected chi connectivity index (χ4v) is 4.39. The van der Waals surface area contributed by atoms with E-state index in [1.54, 1.807) is 24.3 Å². The Morgan fingerprint density at radius 3 is 2.17 bits per heavy atom. The van der Waals surface area contributed by atoms with Gasteiger partial charge in [-0.2, -0.15) is 13.2 Å². The molecule has 2 atom stereocenters. The van der Waals surface area contributed by atoms with Crippen molar-refractivity contribution < 1.29 is 31.3 Å². The molecule has 1 N–H and O–H groups in total. The van der Waals surface area contributed by atoms with Crippen LogP contribution in [0.1, 0.15) is 29.9 Å². The number of amides is 1. The van der Waals surface area contributed by atoms with Crippen molar-refractivity contribution in [2.24, 2.45) is 5.92 Å². The Morgan fingerprint density at radius 2 is 1.67 bits per heavy atom. The van der Waals surface area contributed by atoms with Crippen LogP contribution in [-0.4, -0.2) is 28.8 Å². The van der Waals surface area contributed by atoms with Crippen LogP contribution >= 0.6 is 0 Å². The molecule has 2 aromatic rings. The van der Waals surface area contributed by atoms with Crippen LogP contribution < -0.4 is 5.32 Å². The molecule has 2 unspecified atom stereocenters. The molecule has 3 rings (SSSR count). The monoisotopic (exact) mass is 445 g/mol. The Morgan fingerprint density at radius 1 is 1.07 bits per heavy atom. The van der Waals surface area contributed by atoms with Crippen molar-refractivity contribution in [3.05, 3.63) is 59.7 Å². The lowest BCUT2D eigenvalue weighted by molar-refractivity contribution is -0.178. The molecule has 1 saturated carbocycles. The van der Waals surface area contributed by atoms with Gasteiger partial charge in [-0.1, -0.05) is 24.3 Å². The number of carbonyl (C=O) groups excluding carboxylic acids is 1. The highest BCUT2D eigenvalue weighted by atomic mass is 32.2. The van der Waals surface area contributed by atoms with Crippen molar-refractivity contribution in [3.63, 3.8) is 0 Å². The molecule has 0 aliphatic heterocycles. The molecule has 3 nitrogen and oxygen atoms in total. The Labute approximate surface area is 173 Å². The smallest absolute Gasteiger partial charge is 0.401 e. The normalized spacial score (nSPS) is 16.4. The minimum absolute atomic E-state index is 0.0134. The van der Waals surface area contributed by atoms with Gasteiger partial charge in [-0.25, -0.2) is 8.78 Å². The van der Waals surface area contributed by atoms with E-state index in [9.17, 15) is 31.3 Å². The van der Waals surface area contributed by atoms with Crippen LogP contribution in [0.25, 0.3) is 0 Å². The number of rotatable bonds is 8. The molecule has 1 fully saturated rings. The number of carbonyl (C=O) groups is 1. The zero-order valence-electron chi connectivity index (χ0n) is 15.8. The van der Waals surface area contributed by atoms with E-state index in [0.29, 0.717) is 22.1 Å². The summed E-state index contributed by atoms with van der Waals surface area (Å²) in [6, 6.07) is 11.1. The highest BCUT2D eigenvalue weighted by Crippen LogP contribution is 2.39. The second-order valence-electron chi connectivity index (χ2n) is 7.30. The molecule has 0 aromatic heterocycles. The van der Waals surface area contributed by atoms with Gasteiger partial charge in [0.2, 0.25) is 5.91 Å². The van der Waals surface area contributed by atoms with Crippen molar-refractivity contribution in [2.75, 3.05) is 11.1 Å². The zero-order chi connectivity index (χ0) is 21.9. The Balaban J connectivity index is 1.56. The van der Waals surface area contributed by atoms with E-state index in [1.807, 2.05) is 0 Å². The molecule has 1 amide bonds. The van der Waals surface area contributed by atoms with E-state index in [2.05, 4.69) is 5.32 Å². The Bertz CT molecular complexity index is 851. The molecule has 9 heteroatoms. The number of halogens is 5. The molecule has 162 valence electrons. The third-order valence-corrected chi connectivity index (χ3v) is 6.37. The standard InChI is InChI=1S/C21H20F5NO2S/c22-20(23)19(21(24,25)26)15-5-7-16(8-6-15)27-18(28)11-13-3-9-17(10-4-13)30(29)12-14-1-2-14/h3-10,14,19-20H,1-2,11-12H2,(H,27,28). The summed E-state index contributed by atoms with van der Waals surface area (Å²) in [5.74, 6) is -2.09. The molecular formula is C21H20F5NO2S. The van der Waals surface area contributed by atoms with Crippen LogP contribution in [0.15, 0.2) is 53.4 Å². The first kappa shape index (κ1) is 22.6. The van der Waals surface area contributed by atoms with Crippen LogP contribution in [0.2, 0.25) is 0 Å². The molecule has 0 spiro atoms. The summed E-state index contributed by atoms with van der Waals surface area (Å²) in [4.78, 5) is 12.9. The van der Waals surface area contributed by atoms with Crippen LogP contribution in [0.5, 0.6) is 0 Å². The number of nitrogens with one attached hydrogen (secondary N) is 1.